The molecule has 0 fully saturated rings. The molecule has 0 radical (unpaired) electrons. The number of rotatable bonds is 2. The summed E-state index contributed by atoms with van der Waals surface area (Å²) >= 11 is 3.45. The zero-order valence-electron chi connectivity index (χ0n) is 7.79. The van der Waals surface area contributed by atoms with E-state index < -0.39 is 0 Å². The van der Waals surface area contributed by atoms with Crippen LogP contribution >= 0.6 is 15.9 Å². The van der Waals surface area contributed by atoms with Crippen LogP contribution in [0, 0.1) is 17.2 Å². The van der Waals surface area contributed by atoms with Gasteiger partial charge in [0.05, 0.1) is 12.0 Å². The molecule has 13 heavy (non-hydrogen) atoms. The van der Waals surface area contributed by atoms with Crippen LogP contribution in [-0.4, -0.2) is 0 Å². The van der Waals surface area contributed by atoms with E-state index in [2.05, 4.69) is 35.8 Å². The summed E-state index contributed by atoms with van der Waals surface area (Å²) in [6.45, 7) is 4.13. The highest BCUT2D eigenvalue weighted by Crippen LogP contribution is 2.29. The maximum atomic E-state index is 9.00. The molecule has 0 heterocycles. The zero-order valence-corrected chi connectivity index (χ0v) is 9.38. The average Bonchev–Trinajstić information content (AvgIpc) is 2.09. The number of halogens is 1. The van der Waals surface area contributed by atoms with Gasteiger partial charge in [-0.2, -0.15) is 5.26 Å². The van der Waals surface area contributed by atoms with Gasteiger partial charge in [0.25, 0.3) is 0 Å². The molecule has 0 aliphatic rings. The first-order valence-electron chi connectivity index (χ1n) is 4.31. The summed E-state index contributed by atoms with van der Waals surface area (Å²) in [4.78, 5) is 0. The van der Waals surface area contributed by atoms with E-state index in [1.54, 1.807) is 0 Å². The van der Waals surface area contributed by atoms with E-state index in [1.807, 2.05) is 24.3 Å². The van der Waals surface area contributed by atoms with E-state index in [0.29, 0.717) is 5.92 Å². The van der Waals surface area contributed by atoms with E-state index in [9.17, 15) is 0 Å². The van der Waals surface area contributed by atoms with Crippen molar-refractivity contribution >= 4 is 15.9 Å². The van der Waals surface area contributed by atoms with Crippen molar-refractivity contribution in [1.29, 1.82) is 5.26 Å². The second-order valence-corrected chi connectivity index (χ2v) is 4.23. The molecule has 0 saturated heterocycles. The first kappa shape index (κ1) is 10.3. The Morgan fingerprint density at radius 3 is 2.38 bits per heavy atom. The topological polar surface area (TPSA) is 23.8 Å². The van der Waals surface area contributed by atoms with Crippen LogP contribution < -0.4 is 0 Å². The van der Waals surface area contributed by atoms with Crippen LogP contribution in [0.3, 0.4) is 0 Å². The molecule has 68 valence electrons. The third kappa shape index (κ3) is 2.32. The Kier molecular flexibility index (Phi) is 3.50. The van der Waals surface area contributed by atoms with E-state index in [1.165, 1.54) is 0 Å². The summed E-state index contributed by atoms with van der Waals surface area (Å²) in [5, 5.41) is 9.00. The summed E-state index contributed by atoms with van der Waals surface area (Å²) in [6.07, 6.45) is 0. The van der Waals surface area contributed by atoms with Crippen LogP contribution in [0.15, 0.2) is 28.7 Å². The molecular weight excluding hydrogens is 226 g/mol. The van der Waals surface area contributed by atoms with Crippen LogP contribution in [0.2, 0.25) is 0 Å². The van der Waals surface area contributed by atoms with Gasteiger partial charge in [0.15, 0.2) is 0 Å². The molecular formula is C11H12BrN. The van der Waals surface area contributed by atoms with E-state index in [-0.39, 0.29) is 5.92 Å². The highest BCUT2D eigenvalue weighted by atomic mass is 79.9. The monoisotopic (exact) mass is 237 g/mol. The Morgan fingerprint density at radius 1 is 1.31 bits per heavy atom. The van der Waals surface area contributed by atoms with Crippen molar-refractivity contribution < 1.29 is 0 Å². The molecule has 0 bridgehead atoms. The minimum absolute atomic E-state index is 0.0180. The molecule has 0 N–H and O–H groups in total. The van der Waals surface area contributed by atoms with Gasteiger partial charge in [0.1, 0.15) is 0 Å². The van der Waals surface area contributed by atoms with Crippen molar-refractivity contribution in [3.8, 4) is 6.07 Å². The molecule has 1 aromatic carbocycles. The lowest BCUT2D eigenvalue weighted by molar-refractivity contribution is 0.585. The van der Waals surface area contributed by atoms with Crippen molar-refractivity contribution in [2.45, 2.75) is 19.8 Å². The Hall–Kier alpha value is -0.810. The van der Waals surface area contributed by atoms with Crippen LogP contribution in [-0.2, 0) is 0 Å². The number of hydrogen-bond acceptors (Lipinski definition) is 1. The highest BCUT2D eigenvalue weighted by molar-refractivity contribution is 9.10. The summed E-state index contributed by atoms with van der Waals surface area (Å²) in [7, 11) is 0. The number of nitriles is 1. The van der Waals surface area contributed by atoms with E-state index in [4.69, 9.17) is 5.26 Å². The van der Waals surface area contributed by atoms with Gasteiger partial charge in [-0.3, -0.25) is 0 Å². The second kappa shape index (κ2) is 4.43. The van der Waals surface area contributed by atoms with Crippen molar-refractivity contribution in [1.82, 2.24) is 0 Å². The van der Waals surface area contributed by atoms with E-state index in [0.717, 1.165) is 10.0 Å². The molecule has 1 atom stereocenters. The predicted octanol–water partition coefficient (Wildman–Crippen LogP) is 3.71. The molecule has 2 heteroatoms. The van der Waals surface area contributed by atoms with Crippen LogP contribution in [0.4, 0.5) is 0 Å². The van der Waals surface area contributed by atoms with Gasteiger partial charge in [-0.05, 0) is 17.5 Å². The summed E-state index contributed by atoms with van der Waals surface area (Å²) in [5.74, 6) is 0.333. The fourth-order valence-corrected chi connectivity index (χ4v) is 1.84. The largest absolute Gasteiger partial charge is 0.198 e. The van der Waals surface area contributed by atoms with Crippen molar-refractivity contribution in [2.75, 3.05) is 0 Å². The molecule has 1 nitrogen and oxygen atoms in total. The molecule has 0 amide bonds. The smallest absolute Gasteiger partial charge is 0.0746 e. The summed E-state index contributed by atoms with van der Waals surface area (Å²) in [5.41, 5.74) is 1.08. The average molecular weight is 238 g/mol. The summed E-state index contributed by atoms with van der Waals surface area (Å²) in [6, 6.07) is 10.2. The van der Waals surface area contributed by atoms with Crippen molar-refractivity contribution in [3.63, 3.8) is 0 Å². The first-order chi connectivity index (χ1) is 6.16. The standard InChI is InChI=1S/C11H12BrN/c1-8(2)10(7-13)9-5-3-4-6-11(9)12/h3-6,8,10H,1-2H3. The minimum Gasteiger partial charge on any atom is -0.198 e. The van der Waals surface area contributed by atoms with Gasteiger partial charge in [0, 0.05) is 4.47 Å². The lowest BCUT2D eigenvalue weighted by Crippen LogP contribution is -2.04. The van der Waals surface area contributed by atoms with Gasteiger partial charge >= 0.3 is 0 Å². The van der Waals surface area contributed by atoms with Crippen LogP contribution in [0.25, 0.3) is 0 Å². The molecule has 0 aliphatic heterocycles. The SMILES string of the molecule is CC(C)C(C#N)c1ccccc1Br. The zero-order chi connectivity index (χ0) is 9.84. The molecule has 0 aliphatic carbocycles. The lowest BCUT2D eigenvalue weighted by Gasteiger charge is -2.14. The molecule has 0 spiro atoms. The minimum atomic E-state index is -0.0180. The third-order valence-corrected chi connectivity index (χ3v) is 2.77. The van der Waals surface area contributed by atoms with Gasteiger partial charge < -0.3 is 0 Å². The third-order valence-electron chi connectivity index (χ3n) is 2.05. The molecule has 1 aromatic rings. The van der Waals surface area contributed by atoms with E-state index >= 15 is 0 Å². The van der Waals surface area contributed by atoms with Gasteiger partial charge in [0.2, 0.25) is 0 Å². The van der Waals surface area contributed by atoms with Gasteiger partial charge in [-0.15, -0.1) is 0 Å². The molecule has 1 unspecified atom stereocenters. The molecule has 1 rings (SSSR count). The lowest BCUT2D eigenvalue weighted by atomic mass is 9.90. The normalized spacial score (nSPS) is 12.5. The maximum absolute atomic E-state index is 9.00. The molecule has 0 aromatic heterocycles. The highest BCUT2D eigenvalue weighted by Gasteiger charge is 2.16. The Morgan fingerprint density at radius 2 is 1.92 bits per heavy atom. The second-order valence-electron chi connectivity index (χ2n) is 3.37. The predicted molar refractivity (Wildman–Crippen MR) is 57.3 cm³/mol. The number of hydrogen-bond donors (Lipinski definition) is 0. The fourth-order valence-electron chi connectivity index (χ4n) is 1.31. The Bertz CT molecular complexity index is 325. The summed E-state index contributed by atoms with van der Waals surface area (Å²) < 4.78 is 1.02. The van der Waals surface area contributed by atoms with Crippen molar-refractivity contribution in [3.05, 3.63) is 34.3 Å². The maximum Gasteiger partial charge on any atom is 0.0746 e. The van der Waals surface area contributed by atoms with Gasteiger partial charge in [-0.25, -0.2) is 0 Å². The number of nitrogens with zero attached hydrogens (tertiary/aromatic N) is 1. The number of benzene rings is 1. The van der Waals surface area contributed by atoms with Crippen LogP contribution in [0.5, 0.6) is 0 Å². The van der Waals surface area contributed by atoms with Gasteiger partial charge in [-0.1, -0.05) is 48.0 Å². The fraction of sp³-hybridized carbons (Fsp3) is 0.364. The quantitative estimate of drug-likeness (QED) is 0.770. The first-order valence-corrected chi connectivity index (χ1v) is 5.10. The van der Waals surface area contributed by atoms with Crippen molar-refractivity contribution in [2.24, 2.45) is 5.92 Å². The molecule has 0 saturated carbocycles. The Balaban J connectivity index is 3.07. The Labute approximate surface area is 87.5 Å². The van der Waals surface area contributed by atoms with Crippen LogP contribution in [0.1, 0.15) is 25.3 Å².